The Bertz CT molecular complexity index is 829. The van der Waals surface area contributed by atoms with Crippen LogP contribution in [-0.4, -0.2) is 18.0 Å². The van der Waals surface area contributed by atoms with Crippen LogP contribution in [0.2, 0.25) is 5.02 Å². The van der Waals surface area contributed by atoms with Gasteiger partial charge in [0.15, 0.2) is 0 Å². The van der Waals surface area contributed by atoms with E-state index in [2.05, 4.69) is 10.3 Å². The first-order valence-corrected chi connectivity index (χ1v) is 8.48. The summed E-state index contributed by atoms with van der Waals surface area (Å²) in [5.74, 6) is 0.451. The van der Waals surface area contributed by atoms with Gasteiger partial charge in [-0.1, -0.05) is 29.8 Å². The Labute approximate surface area is 149 Å². The SMILES string of the molecule is COc1ccc(CNC(=O)c2ccc(-c3ccc(Cl)cc3)s2)cn1. The molecule has 1 N–H and O–H groups in total. The molecule has 122 valence electrons. The minimum absolute atomic E-state index is 0.101. The number of thiophene rings is 1. The molecule has 0 atom stereocenters. The van der Waals surface area contributed by atoms with Crippen molar-refractivity contribution < 1.29 is 9.53 Å². The lowest BCUT2D eigenvalue weighted by Crippen LogP contribution is -2.21. The molecule has 0 saturated carbocycles. The fourth-order valence-electron chi connectivity index (χ4n) is 2.13. The fourth-order valence-corrected chi connectivity index (χ4v) is 3.19. The van der Waals surface area contributed by atoms with Gasteiger partial charge in [-0.25, -0.2) is 4.98 Å². The number of aromatic nitrogens is 1. The van der Waals surface area contributed by atoms with E-state index in [1.807, 2.05) is 42.5 Å². The molecule has 0 fully saturated rings. The number of rotatable bonds is 5. The quantitative estimate of drug-likeness (QED) is 0.735. The van der Waals surface area contributed by atoms with Gasteiger partial charge in [-0.3, -0.25) is 4.79 Å². The van der Waals surface area contributed by atoms with Gasteiger partial charge in [0.05, 0.1) is 12.0 Å². The Kier molecular flexibility index (Phi) is 5.13. The summed E-state index contributed by atoms with van der Waals surface area (Å²) in [5.41, 5.74) is 1.96. The summed E-state index contributed by atoms with van der Waals surface area (Å²) in [5, 5.41) is 3.59. The molecule has 2 heterocycles. The van der Waals surface area contributed by atoms with Gasteiger partial charge in [0.2, 0.25) is 5.88 Å². The maximum atomic E-state index is 12.3. The molecule has 0 aliphatic rings. The Morgan fingerprint density at radius 1 is 1.17 bits per heavy atom. The topological polar surface area (TPSA) is 51.2 Å². The van der Waals surface area contributed by atoms with Crippen LogP contribution in [0.3, 0.4) is 0 Å². The first kappa shape index (κ1) is 16.5. The number of ether oxygens (including phenoxy) is 1. The summed E-state index contributed by atoms with van der Waals surface area (Å²) < 4.78 is 5.01. The molecule has 3 aromatic rings. The van der Waals surface area contributed by atoms with Crippen LogP contribution in [0.5, 0.6) is 5.88 Å². The fraction of sp³-hybridized carbons (Fsp3) is 0.111. The number of nitrogens with one attached hydrogen (secondary N) is 1. The molecule has 0 spiro atoms. The van der Waals surface area contributed by atoms with E-state index in [4.69, 9.17) is 16.3 Å². The normalized spacial score (nSPS) is 10.4. The molecular weight excluding hydrogens is 344 g/mol. The standard InChI is InChI=1S/C18H15ClN2O2S/c1-23-17-9-2-12(10-20-17)11-21-18(22)16-8-7-15(24-16)13-3-5-14(19)6-4-13/h2-10H,11H2,1H3,(H,21,22). The van der Waals surface area contributed by atoms with Crippen LogP contribution in [0.4, 0.5) is 0 Å². The average molecular weight is 359 g/mol. The third-order valence-electron chi connectivity index (χ3n) is 3.42. The smallest absolute Gasteiger partial charge is 0.261 e. The molecule has 0 radical (unpaired) electrons. The van der Waals surface area contributed by atoms with Crippen LogP contribution in [0.1, 0.15) is 15.2 Å². The molecule has 4 nitrogen and oxygen atoms in total. The number of benzene rings is 1. The first-order chi connectivity index (χ1) is 11.7. The zero-order chi connectivity index (χ0) is 16.9. The van der Waals surface area contributed by atoms with Crippen molar-refractivity contribution >= 4 is 28.8 Å². The number of carbonyl (C=O) groups excluding carboxylic acids is 1. The molecule has 0 aliphatic heterocycles. The van der Waals surface area contributed by atoms with Crippen LogP contribution >= 0.6 is 22.9 Å². The summed E-state index contributed by atoms with van der Waals surface area (Å²) in [6.07, 6.45) is 1.69. The Hall–Kier alpha value is -2.37. The molecule has 3 rings (SSSR count). The Morgan fingerprint density at radius 3 is 2.62 bits per heavy atom. The van der Waals surface area contributed by atoms with Crippen molar-refractivity contribution in [3.63, 3.8) is 0 Å². The summed E-state index contributed by atoms with van der Waals surface area (Å²) in [7, 11) is 1.57. The molecule has 0 saturated heterocycles. The highest BCUT2D eigenvalue weighted by Crippen LogP contribution is 2.29. The third kappa shape index (κ3) is 3.93. The van der Waals surface area contributed by atoms with Gasteiger partial charge in [0.1, 0.15) is 0 Å². The molecule has 24 heavy (non-hydrogen) atoms. The molecule has 0 bridgehead atoms. The highest BCUT2D eigenvalue weighted by Gasteiger charge is 2.10. The molecule has 0 aliphatic carbocycles. The monoisotopic (exact) mass is 358 g/mol. The molecule has 1 amide bonds. The van der Waals surface area contributed by atoms with E-state index < -0.39 is 0 Å². The second kappa shape index (κ2) is 7.47. The van der Waals surface area contributed by atoms with E-state index in [9.17, 15) is 4.79 Å². The minimum Gasteiger partial charge on any atom is -0.481 e. The van der Waals surface area contributed by atoms with Crippen molar-refractivity contribution in [2.45, 2.75) is 6.54 Å². The maximum Gasteiger partial charge on any atom is 0.261 e. The number of pyridine rings is 1. The first-order valence-electron chi connectivity index (χ1n) is 7.28. The number of carbonyl (C=O) groups is 1. The van der Waals surface area contributed by atoms with E-state index in [1.54, 1.807) is 19.4 Å². The van der Waals surface area contributed by atoms with E-state index >= 15 is 0 Å². The number of hydrogen-bond donors (Lipinski definition) is 1. The second-order valence-electron chi connectivity index (χ2n) is 5.06. The summed E-state index contributed by atoms with van der Waals surface area (Å²) >= 11 is 7.35. The lowest BCUT2D eigenvalue weighted by molar-refractivity contribution is 0.0955. The van der Waals surface area contributed by atoms with Crippen LogP contribution in [0.25, 0.3) is 10.4 Å². The van der Waals surface area contributed by atoms with Gasteiger partial charge in [0, 0.05) is 28.7 Å². The van der Waals surface area contributed by atoms with Crippen LogP contribution < -0.4 is 10.1 Å². The minimum atomic E-state index is -0.101. The Morgan fingerprint density at radius 2 is 1.96 bits per heavy atom. The lowest BCUT2D eigenvalue weighted by atomic mass is 10.2. The predicted molar refractivity (Wildman–Crippen MR) is 96.7 cm³/mol. The highest BCUT2D eigenvalue weighted by atomic mass is 35.5. The largest absolute Gasteiger partial charge is 0.481 e. The van der Waals surface area contributed by atoms with Gasteiger partial charge >= 0.3 is 0 Å². The van der Waals surface area contributed by atoms with E-state index in [1.165, 1.54) is 11.3 Å². The summed E-state index contributed by atoms with van der Waals surface area (Å²) in [6, 6.07) is 15.0. The van der Waals surface area contributed by atoms with Crippen molar-refractivity contribution in [1.82, 2.24) is 10.3 Å². The number of methoxy groups -OCH3 is 1. The Balaban J connectivity index is 1.64. The van der Waals surface area contributed by atoms with Crippen molar-refractivity contribution in [1.29, 1.82) is 0 Å². The van der Waals surface area contributed by atoms with Gasteiger partial charge in [0.25, 0.3) is 5.91 Å². The number of halogens is 1. The number of amides is 1. The van der Waals surface area contributed by atoms with Crippen molar-refractivity contribution in [2.75, 3.05) is 7.11 Å². The second-order valence-corrected chi connectivity index (χ2v) is 6.58. The van der Waals surface area contributed by atoms with Crippen molar-refractivity contribution in [3.05, 3.63) is 70.2 Å². The molecule has 2 aromatic heterocycles. The zero-order valence-electron chi connectivity index (χ0n) is 13.0. The molecular formula is C18H15ClN2O2S. The average Bonchev–Trinajstić information content (AvgIpc) is 3.11. The zero-order valence-corrected chi connectivity index (χ0v) is 14.5. The van der Waals surface area contributed by atoms with Crippen molar-refractivity contribution in [2.24, 2.45) is 0 Å². The van der Waals surface area contributed by atoms with Gasteiger partial charge in [-0.05, 0) is 35.4 Å². The maximum absolute atomic E-state index is 12.3. The van der Waals surface area contributed by atoms with E-state index in [0.717, 1.165) is 16.0 Å². The van der Waals surface area contributed by atoms with Gasteiger partial charge < -0.3 is 10.1 Å². The van der Waals surface area contributed by atoms with E-state index in [0.29, 0.717) is 22.3 Å². The van der Waals surface area contributed by atoms with Crippen LogP contribution in [-0.2, 0) is 6.54 Å². The van der Waals surface area contributed by atoms with Crippen molar-refractivity contribution in [3.8, 4) is 16.3 Å². The number of nitrogens with zero attached hydrogens (tertiary/aromatic N) is 1. The highest BCUT2D eigenvalue weighted by molar-refractivity contribution is 7.17. The third-order valence-corrected chi connectivity index (χ3v) is 4.80. The van der Waals surface area contributed by atoms with Crippen LogP contribution in [0.15, 0.2) is 54.7 Å². The predicted octanol–water partition coefficient (Wildman–Crippen LogP) is 4.40. The molecule has 6 heteroatoms. The van der Waals surface area contributed by atoms with E-state index in [-0.39, 0.29) is 5.91 Å². The molecule has 1 aromatic carbocycles. The summed E-state index contributed by atoms with van der Waals surface area (Å²) in [6.45, 7) is 0.421. The van der Waals surface area contributed by atoms with Crippen LogP contribution in [0, 0.1) is 0 Å². The summed E-state index contributed by atoms with van der Waals surface area (Å²) in [4.78, 5) is 18.1. The number of hydrogen-bond acceptors (Lipinski definition) is 4. The van der Waals surface area contributed by atoms with Gasteiger partial charge in [-0.2, -0.15) is 0 Å². The molecule has 0 unspecified atom stereocenters. The van der Waals surface area contributed by atoms with Gasteiger partial charge in [-0.15, -0.1) is 11.3 Å². The lowest BCUT2D eigenvalue weighted by Gasteiger charge is -2.04.